The zero-order chi connectivity index (χ0) is 13.2. The van der Waals surface area contributed by atoms with E-state index < -0.39 is 10.0 Å². The molecule has 0 heterocycles. The zero-order valence-corrected chi connectivity index (χ0v) is 13.9. The maximum Gasteiger partial charge on any atom is 0.243 e. The summed E-state index contributed by atoms with van der Waals surface area (Å²) in [5.41, 5.74) is 5.46. The number of nitrogens with two attached hydrogens (primary N) is 1. The van der Waals surface area contributed by atoms with Gasteiger partial charge < -0.3 is 5.73 Å². The largest absolute Gasteiger partial charge is 0.329 e. The molecule has 104 valence electrons. The van der Waals surface area contributed by atoms with Crippen LogP contribution in [-0.2, 0) is 10.0 Å². The SMILES string of the molecule is CC(CN)N(C)S(=O)(=O)c1ccc(Br)c(Cl)c1.Cl. The van der Waals surface area contributed by atoms with Gasteiger partial charge in [0.2, 0.25) is 10.0 Å². The summed E-state index contributed by atoms with van der Waals surface area (Å²) in [6, 6.07) is 4.27. The molecule has 0 aromatic heterocycles. The highest BCUT2D eigenvalue weighted by Gasteiger charge is 2.24. The topological polar surface area (TPSA) is 63.4 Å². The minimum atomic E-state index is -3.54. The summed E-state index contributed by atoms with van der Waals surface area (Å²) >= 11 is 9.10. The molecule has 1 aromatic carbocycles. The first kappa shape index (κ1) is 18.1. The Morgan fingerprint density at radius 3 is 2.50 bits per heavy atom. The summed E-state index contributed by atoms with van der Waals surface area (Å²) in [5, 5.41) is 0.361. The molecule has 0 saturated heterocycles. The van der Waals surface area contributed by atoms with Gasteiger partial charge in [-0.2, -0.15) is 4.31 Å². The van der Waals surface area contributed by atoms with Crippen LogP contribution in [0, 0.1) is 0 Å². The van der Waals surface area contributed by atoms with Crippen molar-refractivity contribution in [2.75, 3.05) is 13.6 Å². The van der Waals surface area contributed by atoms with Gasteiger partial charge >= 0.3 is 0 Å². The van der Waals surface area contributed by atoms with E-state index in [1.165, 1.54) is 23.5 Å². The normalized spacial score (nSPS) is 13.2. The maximum absolute atomic E-state index is 12.2. The molecule has 0 fully saturated rings. The second kappa shape index (κ2) is 7.07. The minimum Gasteiger partial charge on any atom is -0.329 e. The van der Waals surface area contributed by atoms with Crippen LogP contribution in [0.5, 0.6) is 0 Å². The Morgan fingerprint density at radius 1 is 1.50 bits per heavy atom. The smallest absolute Gasteiger partial charge is 0.243 e. The standard InChI is InChI=1S/C10H14BrClN2O2S.ClH/c1-7(6-13)14(2)17(15,16)8-3-4-9(11)10(12)5-8;/h3-5,7H,6,13H2,1-2H3;1H. The van der Waals surface area contributed by atoms with Gasteiger partial charge in [-0.15, -0.1) is 12.4 Å². The molecule has 0 spiro atoms. The van der Waals surface area contributed by atoms with Crippen LogP contribution in [0.25, 0.3) is 0 Å². The van der Waals surface area contributed by atoms with Crippen molar-refractivity contribution in [2.24, 2.45) is 5.73 Å². The number of sulfonamides is 1. The second-order valence-electron chi connectivity index (χ2n) is 3.68. The fourth-order valence-corrected chi connectivity index (χ4v) is 3.08. The Hall–Kier alpha value is 0.150. The van der Waals surface area contributed by atoms with Gasteiger partial charge in [-0.05, 0) is 41.1 Å². The predicted octanol–water partition coefficient (Wildman–Crippen LogP) is 2.49. The van der Waals surface area contributed by atoms with Gasteiger partial charge in [0, 0.05) is 24.1 Å². The third-order valence-corrected chi connectivity index (χ3v) is 5.73. The summed E-state index contributed by atoms with van der Waals surface area (Å²) in [5.74, 6) is 0. The molecule has 0 aliphatic heterocycles. The van der Waals surface area contributed by atoms with Gasteiger partial charge in [-0.1, -0.05) is 11.6 Å². The first-order chi connectivity index (χ1) is 7.80. The molecule has 0 aliphatic carbocycles. The number of likely N-dealkylation sites (N-methyl/N-ethyl adjacent to an activating group) is 1. The van der Waals surface area contributed by atoms with E-state index in [0.29, 0.717) is 9.50 Å². The number of benzene rings is 1. The Bertz CT molecular complexity index is 511. The van der Waals surface area contributed by atoms with Crippen molar-refractivity contribution < 1.29 is 8.42 Å². The molecule has 0 radical (unpaired) electrons. The predicted molar refractivity (Wildman–Crippen MR) is 79.9 cm³/mol. The highest BCUT2D eigenvalue weighted by atomic mass is 79.9. The van der Waals surface area contributed by atoms with Crippen LogP contribution in [0.3, 0.4) is 0 Å². The molecule has 0 amide bonds. The first-order valence-electron chi connectivity index (χ1n) is 4.94. The van der Waals surface area contributed by atoms with Crippen LogP contribution < -0.4 is 5.73 Å². The fourth-order valence-electron chi connectivity index (χ4n) is 1.19. The van der Waals surface area contributed by atoms with Crippen LogP contribution in [0.2, 0.25) is 5.02 Å². The summed E-state index contributed by atoms with van der Waals surface area (Å²) < 4.78 is 26.3. The minimum absolute atomic E-state index is 0. The van der Waals surface area contributed by atoms with Crippen molar-refractivity contribution in [3.8, 4) is 0 Å². The molecule has 8 heteroatoms. The number of hydrogen-bond acceptors (Lipinski definition) is 3. The average Bonchev–Trinajstić information content (AvgIpc) is 2.30. The zero-order valence-electron chi connectivity index (χ0n) is 9.93. The molecular weight excluding hydrogens is 363 g/mol. The molecule has 2 N–H and O–H groups in total. The van der Waals surface area contributed by atoms with Gasteiger partial charge in [0.15, 0.2) is 0 Å². The van der Waals surface area contributed by atoms with Crippen LogP contribution >= 0.6 is 39.9 Å². The number of rotatable bonds is 4. The van der Waals surface area contributed by atoms with Crippen molar-refractivity contribution in [1.29, 1.82) is 0 Å². The lowest BCUT2D eigenvalue weighted by molar-refractivity contribution is 0.394. The van der Waals surface area contributed by atoms with Crippen molar-refractivity contribution in [2.45, 2.75) is 17.9 Å². The van der Waals surface area contributed by atoms with Crippen LogP contribution in [0.1, 0.15) is 6.92 Å². The van der Waals surface area contributed by atoms with Crippen LogP contribution in [0.15, 0.2) is 27.6 Å². The van der Waals surface area contributed by atoms with Crippen molar-refractivity contribution >= 4 is 50.0 Å². The van der Waals surface area contributed by atoms with Crippen molar-refractivity contribution in [3.63, 3.8) is 0 Å². The fraction of sp³-hybridized carbons (Fsp3) is 0.400. The molecule has 4 nitrogen and oxygen atoms in total. The van der Waals surface area contributed by atoms with Gasteiger partial charge in [-0.3, -0.25) is 0 Å². The molecule has 1 unspecified atom stereocenters. The van der Waals surface area contributed by atoms with Crippen LogP contribution in [-0.4, -0.2) is 32.4 Å². The molecule has 0 saturated carbocycles. The van der Waals surface area contributed by atoms with E-state index in [-0.39, 0.29) is 29.9 Å². The average molecular weight is 378 g/mol. The Morgan fingerprint density at radius 2 is 2.06 bits per heavy atom. The lowest BCUT2D eigenvalue weighted by Gasteiger charge is -2.23. The summed E-state index contributed by atoms with van der Waals surface area (Å²) in [7, 11) is -2.04. The van der Waals surface area contributed by atoms with E-state index in [9.17, 15) is 8.42 Å². The Labute approximate surface area is 127 Å². The monoisotopic (exact) mass is 376 g/mol. The summed E-state index contributed by atoms with van der Waals surface area (Å²) in [4.78, 5) is 0.161. The van der Waals surface area contributed by atoms with E-state index >= 15 is 0 Å². The van der Waals surface area contributed by atoms with Gasteiger partial charge in [0.25, 0.3) is 0 Å². The molecule has 18 heavy (non-hydrogen) atoms. The van der Waals surface area contributed by atoms with E-state index in [0.717, 1.165) is 0 Å². The van der Waals surface area contributed by atoms with E-state index in [1.807, 2.05) is 0 Å². The third kappa shape index (κ3) is 3.82. The number of halogens is 3. The van der Waals surface area contributed by atoms with Gasteiger partial charge in [0.1, 0.15) is 0 Å². The van der Waals surface area contributed by atoms with E-state index in [4.69, 9.17) is 17.3 Å². The van der Waals surface area contributed by atoms with E-state index in [2.05, 4.69) is 15.9 Å². The molecular formula is C10H15BrCl2N2O2S. The lowest BCUT2D eigenvalue weighted by Crippen LogP contribution is -2.39. The molecule has 1 atom stereocenters. The molecule has 1 rings (SSSR count). The van der Waals surface area contributed by atoms with Gasteiger partial charge in [0.05, 0.1) is 9.92 Å². The summed E-state index contributed by atoms with van der Waals surface area (Å²) in [6.45, 7) is 2.01. The first-order valence-corrected chi connectivity index (χ1v) is 7.55. The molecule has 0 aliphatic rings. The molecule has 1 aromatic rings. The van der Waals surface area contributed by atoms with Crippen molar-refractivity contribution in [3.05, 3.63) is 27.7 Å². The molecule has 0 bridgehead atoms. The number of nitrogens with zero attached hydrogens (tertiary/aromatic N) is 1. The highest BCUT2D eigenvalue weighted by Crippen LogP contribution is 2.26. The van der Waals surface area contributed by atoms with Crippen molar-refractivity contribution in [1.82, 2.24) is 4.31 Å². The lowest BCUT2D eigenvalue weighted by atomic mass is 10.4. The Kier molecular flexibility index (Phi) is 7.13. The third-order valence-electron chi connectivity index (χ3n) is 2.53. The number of hydrogen-bond donors (Lipinski definition) is 1. The summed E-state index contributed by atoms with van der Waals surface area (Å²) in [6.07, 6.45) is 0. The second-order valence-corrected chi connectivity index (χ2v) is 6.94. The van der Waals surface area contributed by atoms with Crippen LogP contribution in [0.4, 0.5) is 0 Å². The van der Waals surface area contributed by atoms with Gasteiger partial charge in [-0.25, -0.2) is 8.42 Å². The van der Waals surface area contributed by atoms with E-state index in [1.54, 1.807) is 13.0 Å². The maximum atomic E-state index is 12.2. The quantitative estimate of drug-likeness (QED) is 0.876. The Balaban J connectivity index is 0.00000289. The highest BCUT2D eigenvalue weighted by molar-refractivity contribution is 9.10.